The number of benzene rings is 1. The average molecular weight is 230 g/mol. The van der Waals surface area contributed by atoms with Gasteiger partial charge in [-0.25, -0.2) is 0 Å². The molecule has 0 saturated heterocycles. The molecule has 0 spiro atoms. The summed E-state index contributed by atoms with van der Waals surface area (Å²) in [6.07, 6.45) is 1.44. The Kier molecular flexibility index (Phi) is 3.23. The molecule has 4 heteroatoms. The summed E-state index contributed by atoms with van der Waals surface area (Å²) in [5, 5.41) is 6.22. The molecule has 17 heavy (non-hydrogen) atoms. The van der Waals surface area contributed by atoms with Crippen molar-refractivity contribution in [2.24, 2.45) is 0 Å². The standard InChI is InChI=1S/C13H14N2O2/c1-9(2)10-3-5-11(6-4-10)15-13(16)12-7-8-14-17-12/h3-9H,1-2H3,(H,15,16). The first kappa shape index (κ1) is 11.4. The van der Waals surface area contributed by atoms with Gasteiger partial charge in [0.1, 0.15) is 0 Å². The molecule has 1 amide bonds. The molecule has 0 atom stereocenters. The first-order chi connectivity index (χ1) is 8.16. The molecule has 0 unspecified atom stereocenters. The van der Waals surface area contributed by atoms with Crippen LogP contribution in [0.3, 0.4) is 0 Å². The number of hydrogen-bond acceptors (Lipinski definition) is 3. The van der Waals surface area contributed by atoms with Crippen molar-refractivity contribution in [3.05, 3.63) is 47.9 Å². The molecule has 4 nitrogen and oxygen atoms in total. The summed E-state index contributed by atoms with van der Waals surface area (Å²) in [6.45, 7) is 4.25. The zero-order valence-corrected chi connectivity index (χ0v) is 9.81. The third-order valence-corrected chi connectivity index (χ3v) is 2.50. The topological polar surface area (TPSA) is 55.1 Å². The number of anilines is 1. The van der Waals surface area contributed by atoms with E-state index in [1.807, 2.05) is 24.3 Å². The van der Waals surface area contributed by atoms with Crippen LogP contribution in [0.5, 0.6) is 0 Å². The lowest BCUT2D eigenvalue weighted by Gasteiger charge is -2.07. The molecule has 0 aliphatic rings. The van der Waals surface area contributed by atoms with Gasteiger partial charge in [-0.3, -0.25) is 4.79 Å². The Morgan fingerprint density at radius 3 is 2.47 bits per heavy atom. The first-order valence-electron chi connectivity index (χ1n) is 5.49. The van der Waals surface area contributed by atoms with Gasteiger partial charge in [-0.05, 0) is 23.6 Å². The fourth-order valence-corrected chi connectivity index (χ4v) is 1.48. The van der Waals surface area contributed by atoms with Gasteiger partial charge in [0.15, 0.2) is 0 Å². The molecule has 0 fully saturated rings. The van der Waals surface area contributed by atoms with Gasteiger partial charge in [0.25, 0.3) is 5.91 Å². The predicted octanol–water partition coefficient (Wildman–Crippen LogP) is 3.05. The van der Waals surface area contributed by atoms with E-state index in [0.717, 1.165) is 5.69 Å². The predicted molar refractivity (Wildman–Crippen MR) is 65.0 cm³/mol. The minimum atomic E-state index is -0.292. The van der Waals surface area contributed by atoms with Crippen LogP contribution in [0.1, 0.15) is 35.9 Å². The summed E-state index contributed by atoms with van der Waals surface area (Å²) in [7, 11) is 0. The van der Waals surface area contributed by atoms with Crippen molar-refractivity contribution in [1.29, 1.82) is 0 Å². The minimum Gasteiger partial charge on any atom is -0.351 e. The highest BCUT2D eigenvalue weighted by molar-refractivity contribution is 6.02. The fourth-order valence-electron chi connectivity index (χ4n) is 1.48. The Hall–Kier alpha value is -2.10. The maximum Gasteiger partial charge on any atom is 0.294 e. The Balaban J connectivity index is 2.07. The number of aromatic nitrogens is 1. The Labute approximate surface area is 99.6 Å². The second kappa shape index (κ2) is 4.82. The van der Waals surface area contributed by atoms with Crippen molar-refractivity contribution in [3.8, 4) is 0 Å². The average Bonchev–Trinajstić information content (AvgIpc) is 2.83. The summed E-state index contributed by atoms with van der Waals surface area (Å²) in [5.41, 5.74) is 1.98. The van der Waals surface area contributed by atoms with Crippen LogP contribution in [-0.2, 0) is 0 Å². The van der Waals surface area contributed by atoms with Crippen molar-refractivity contribution < 1.29 is 9.32 Å². The number of nitrogens with one attached hydrogen (secondary N) is 1. The summed E-state index contributed by atoms with van der Waals surface area (Å²) in [4.78, 5) is 11.6. The number of amides is 1. The summed E-state index contributed by atoms with van der Waals surface area (Å²) < 4.78 is 4.77. The van der Waals surface area contributed by atoms with Crippen LogP contribution < -0.4 is 5.32 Å². The van der Waals surface area contributed by atoms with E-state index in [4.69, 9.17) is 4.52 Å². The van der Waals surface area contributed by atoms with E-state index in [1.165, 1.54) is 17.8 Å². The lowest BCUT2D eigenvalue weighted by Crippen LogP contribution is -2.10. The molecule has 2 rings (SSSR count). The largest absolute Gasteiger partial charge is 0.351 e. The third-order valence-electron chi connectivity index (χ3n) is 2.50. The highest BCUT2D eigenvalue weighted by Crippen LogP contribution is 2.17. The van der Waals surface area contributed by atoms with E-state index in [2.05, 4.69) is 24.3 Å². The molecule has 0 saturated carbocycles. The molecule has 0 radical (unpaired) electrons. The van der Waals surface area contributed by atoms with Gasteiger partial charge < -0.3 is 9.84 Å². The van der Waals surface area contributed by atoms with E-state index >= 15 is 0 Å². The zero-order chi connectivity index (χ0) is 12.3. The van der Waals surface area contributed by atoms with Crippen molar-refractivity contribution in [2.45, 2.75) is 19.8 Å². The number of carbonyl (C=O) groups excluding carboxylic acids is 1. The van der Waals surface area contributed by atoms with E-state index in [9.17, 15) is 4.79 Å². The van der Waals surface area contributed by atoms with E-state index in [-0.39, 0.29) is 11.7 Å². The normalized spacial score (nSPS) is 10.5. The molecule has 0 aliphatic carbocycles. The van der Waals surface area contributed by atoms with Crippen LogP contribution in [0.15, 0.2) is 41.1 Å². The highest BCUT2D eigenvalue weighted by atomic mass is 16.5. The highest BCUT2D eigenvalue weighted by Gasteiger charge is 2.09. The number of hydrogen-bond donors (Lipinski definition) is 1. The Bertz CT molecular complexity index is 487. The summed E-state index contributed by atoms with van der Waals surface area (Å²) in [5.74, 6) is 0.395. The number of nitrogens with zero attached hydrogens (tertiary/aromatic N) is 1. The van der Waals surface area contributed by atoms with Gasteiger partial charge in [-0.2, -0.15) is 0 Å². The maximum absolute atomic E-state index is 11.6. The van der Waals surface area contributed by atoms with Gasteiger partial charge in [0.2, 0.25) is 5.76 Å². The van der Waals surface area contributed by atoms with Gasteiger partial charge in [0.05, 0.1) is 6.20 Å². The quantitative estimate of drug-likeness (QED) is 0.881. The van der Waals surface area contributed by atoms with Crippen LogP contribution >= 0.6 is 0 Å². The van der Waals surface area contributed by atoms with Gasteiger partial charge in [0, 0.05) is 11.8 Å². The SMILES string of the molecule is CC(C)c1ccc(NC(=O)c2ccno2)cc1. The molecule has 0 aliphatic heterocycles. The zero-order valence-electron chi connectivity index (χ0n) is 9.81. The molecule has 0 bridgehead atoms. The van der Waals surface area contributed by atoms with E-state index in [0.29, 0.717) is 5.92 Å². The van der Waals surface area contributed by atoms with Crippen LogP contribution in [0.2, 0.25) is 0 Å². The smallest absolute Gasteiger partial charge is 0.294 e. The molecule has 2 aromatic rings. The molecule has 88 valence electrons. The lowest BCUT2D eigenvalue weighted by molar-refractivity contribution is 0.0988. The second-order valence-electron chi connectivity index (χ2n) is 4.11. The maximum atomic E-state index is 11.6. The van der Waals surface area contributed by atoms with Crippen LogP contribution in [0, 0.1) is 0 Å². The van der Waals surface area contributed by atoms with Crippen LogP contribution in [0.4, 0.5) is 5.69 Å². The van der Waals surface area contributed by atoms with E-state index < -0.39 is 0 Å². The van der Waals surface area contributed by atoms with Crippen molar-refractivity contribution in [2.75, 3.05) is 5.32 Å². The van der Waals surface area contributed by atoms with Crippen molar-refractivity contribution >= 4 is 11.6 Å². The molecular formula is C13H14N2O2. The van der Waals surface area contributed by atoms with E-state index in [1.54, 1.807) is 0 Å². The molecule has 1 aromatic heterocycles. The summed E-state index contributed by atoms with van der Waals surface area (Å²) in [6, 6.07) is 9.28. The third kappa shape index (κ3) is 2.72. The first-order valence-corrected chi connectivity index (χ1v) is 5.49. The molecular weight excluding hydrogens is 216 g/mol. The summed E-state index contributed by atoms with van der Waals surface area (Å²) >= 11 is 0. The Morgan fingerprint density at radius 1 is 1.24 bits per heavy atom. The van der Waals surface area contributed by atoms with Crippen LogP contribution in [-0.4, -0.2) is 11.1 Å². The molecule has 1 N–H and O–H groups in total. The van der Waals surface area contributed by atoms with Crippen molar-refractivity contribution in [3.63, 3.8) is 0 Å². The monoisotopic (exact) mass is 230 g/mol. The van der Waals surface area contributed by atoms with Gasteiger partial charge in [-0.15, -0.1) is 0 Å². The van der Waals surface area contributed by atoms with Crippen LogP contribution in [0.25, 0.3) is 0 Å². The molecule has 1 heterocycles. The van der Waals surface area contributed by atoms with Gasteiger partial charge >= 0.3 is 0 Å². The second-order valence-corrected chi connectivity index (χ2v) is 4.11. The number of rotatable bonds is 3. The Morgan fingerprint density at radius 2 is 1.94 bits per heavy atom. The van der Waals surface area contributed by atoms with Gasteiger partial charge in [-0.1, -0.05) is 31.1 Å². The lowest BCUT2D eigenvalue weighted by atomic mass is 10.0. The fraction of sp³-hybridized carbons (Fsp3) is 0.231. The minimum absolute atomic E-state index is 0.206. The van der Waals surface area contributed by atoms with Crippen molar-refractivity contribution in [1.82, 2.24) is 5.16 Å². The number of carbonyl (C=O) groups is 1. The molecule has 1 aromatic carbocycles.